The normalized spacial score (nSPS) is 10.8. The van der Waals surface area contributed by atoms with Crippen LogP contribution in [0.1, 0.15) is 11.3 Å². The maximum Gasteiger partial charge on any atom is 0.0663 e. The molecule has 68 valence electrons. The number of thiophene rings is 1. The summed E-state index contributed by atoms with van der Waals surface area (Å²) in [5.41, 5.74) is 0. The van der Waals surface area contributed by atoms with Gasteiger partial charge in [0.2, 0.25) is 0 Å². The molecule has 0 aliphatic heterocycles. The number of hydrogen-bond acceptors (Lipinski definition) is 2. The standard InChI is InChI=1S/C12H9NS/c13-8-4-3-6-11-9-10-5-1-2-7-12(10)14-11/h1-3,5-7,9H,4H2. The first-order valence-corrected chi connectivity index (χ1v) is 5.24. The zero-order valence-electron chi connectivity index (χ0n) is 7.60. The zero-order valence-corrected chi connectivity index (χ0v) is 8.42. The van der Waals surface area contributed by atoms with Crippen LogP contribution in [0.25, 0.3) is 16.2 Å². The molecule has 0 saturated carbocycles. The van der Waals surface area contributed by atoms with Gasteiger partial charge in [0.05, 0.1) is 12.5 Å². The van der Waals surface area contributed by atoms with Crippen molar-refractivity contribution in [1.82, 2.24) is 0 Å². The van der Waals surface area contributed by atoms with E-state index in [1.54, 1.807) is 11.3 Å². The Bertz CT molecular complexity index is 469. The van der Waals surface area contributed by atoms with Gasteiger partial charge in [0.25, 0.3) is 0 Å². The van der Waals surface area contributed by atoms with Crippen molar-refractivity contribution in [2.45, 2.75) is 6.42 Å². The van der Waals surface area contributed by atoms with E-state index in [0.29, 0.717) is 6.42 Å². The van der Waals surface area contributed by atoms with Crippen molar-refractivity contribution in [2.24, 2.45) is 0 Å². The number of nitriles is 1. The van der Waals surface area contributed by atoms with Crippen LogP contribution in [0.3, 0.4) is 0 Å². The SMILES string of the molecule is N#CCC=Cc1cc2ccccc2s1. The number of rotatable bonds is 2. The highest BCUT2D eigenvalue weighted by molar-refractivity contribution is 7.19. The molecule has 0 saturated heterocycles. The number of benzene rings is 1. The summed E-state index contributed by atoms with van der Waals surface area (Å²) in [7, 11) is 0. The monoisotopic (exact) mass is 199 g/mol. The van der Waals surface area contributed by atoms with Crippen molar-refractivity contribution in [2.75, 3.05) is 0 Å². The smallest absolute Gasteiger partial charge is 0.0663 e. The lowest BCUT2D eigenvalue weighted by Gasteiger charge is -1.82. The van der Waals surface area contributed by atoms with Crippen LogP contribution in [0, 0.1) is 11.3 Å². The Morgan fingerprint density at radius 3 is 3.00 bits per heavy atom. The molecule has 1 heterocycles. The minimum Gasteiger partial charge on any atom is -0.198 e. The van der Waals surface area contributed by atoms with Crippen molar-refractivity contribution >= 4 is 27.5 Å². The first-order valence-electron chi connectivity index (χ1n) is 4.42. The summed E-state index contributed by atoms with van der Waals surface area (Å²) in [5.74, 6) is 0. The molecule has 1 aromatic heterocycles. The van der Waals surface area contributed by atoms with Crippen LogP contribution < -0.4 is 0 Å². The Hall–Kier alpha value is -1.59. The highest BCUT2D eigenvalue weighted by Crippen LogP contribution is 2.26. The Morgan fingerprint density at radius 1 is 1.36 bits per heavy atom. The molecular formula is C12H9NS. The molecule has 1 nitrogen and oxygen atoms in total. The van der Waals surface area contributed by atoms with E-state index in [1.807, 2.05) is 24.3 Å². The summed E-state index contributed by atoms with van der Waals surface area (Å²) in [4.78, 5) is 1.21. The zero-order chi connectivity index (χ0) is 9.80. The van der Waals surface area contributed by atoms with E-state index in [9.17, 15) is 0 Å². The lowest BCUT2D eigenvalue weighted by molar-refractivity contribution is 1.36. The van der Waals surface area contributed by atoms with E-state index in [1.165, 1.54) is 15.0 Å². The molecular weight excluding hydrogens is 190 g/mol. The molecule has 0 fully saturated rings. The second kappa shape index (κ2) is 4.08. The average molecular weight is 199 g/mol. The molecule has 14 heavy (non-hydrogen) atoms. The second-order valence-electron chi connectivity index (χ2n) is 2.95. The van der Waals surface area contributed by atoms with Gasteiger partial charge in [-0.05, 0) is 23.6 Å². The third-order valence-electron chi connectivity index (χ3n) is 1.94. The minimum atomic E-state index is 0.480. The highest BCUT2D eigenvalue weighted by atomic mass is 32.1. The van der Waals surface area contributed by atoms with E-state index >= 15 is 0 Å². The van der Waals surface area contributed by atoms with Gasteiger partial charge in [0.1, 0.15) is 0 Å². The summed E-state index contributed by atoms with van der Waals surface area (Å²) in [6.07, 6.45) is 4.38. The predicted molar refractivity (Wildman–Crippen MR) is 61.1 cm³/mol. The fraction of sp³-hybridized carbons (Fsp3) is 0.0833. The molecule has 0 atom stereocenters. The summed E-state index contributed by atoms with van der Waals surface area (Å²) in [6.45, 7) is 0. The molecule has 2 rings (SSSR count). The van der Waals surface area contributed by atoms with Crippen LogP contribution in [-0.2, 0) is 0 Å². The number of hydrogen-bond donors (Lipinski definition) is 0. The Morgan fingerprint density at radius 2 is 2.21 bits per heavy atom. The van der Waals surface area contributed by atoms with E-state index in [4.69, 9.17) is 5.26 Å². The van der Waals surface area contributed by atoms with Gasteiger partial charge >= 0.3 is 0 Å². The largest absolute Gasteiger partial charge is 0.198 e. The van der Waals surface area contributed by atoms with Crippen molar-refractivity contribution in [3.63, 3.8) is 0 Å². The fourth-order valence-corrected chi connectivity index (χ4v) is 2.31. The van der Waals surface area contributed by atoms with Crippen LogP contribution in [0.5, 0.6) is 0 Å². The maximum absolute atomic E-state index is 8.39. The van der Waals surface area contributed by atoms with Crippen molar-refractivity contribution < 1.29 is 0 Å². The average Bonchev–Trinajstić information content (AvgIpc) is 2.60. The van der Waals surface area contributed by atoms with Gasteiger partial charge in [0.15, 0.2) is 0 Å². The van der Waals surface area contributed by atoms with Crippen LogP contribution in [0.2, 0.25) is 0 Å². The lowest BCUT2D eigenvalue weighted by atomic mass is 10.2. The van der Waals surface area contributed by atoms with Crippen molar-refractivity contribution in [3.8, 4) is 6.07 Å². The molecule has 2 heteroatoms. The molecule has 2 aromatic rings. The maximum atomic E-state index is 8.39. The summed E-state index contributed by atoms with van der Waals surface area (Å²) < 4.78 is 1.30. The summed E-state index contributed by atoms with van der Waals surface area (Å²) >= 11 is 1.75. The molecule has 0 radical (unpaired) electrons. The fourth-order valence-electron chi connectivity index (χ4n) is 1.31. The summed E-state index contributed by atoms with van der Waals surface area (Å²) in [5, 5.41) is 9.66. The quantitative estimate of drug-likeness (QED) is 0.721. The molecule has 0 aliphatic rings. The first-order chi connectivity index (χ1) is 6.90. The molecule has 0 N–H and O–H groups in total. The Labute approximate surface area is 86.9 Å². The number of nitrogens with zero attached hydrogens (tertiary/aromatic N) is 1. The molecule has 0 amide bonds. The highest BCUT2D eigenvalue weighted by Gasteiger charge is 1.96. The minimum absolute atomic E-state index is 0.480. The molecule has 1 aromatic carbocycles. The van der Waals surface area contributed by atoms with Gasteiger partial charge in [-0.3, -0.25) is 0 Å². The molecule has 0 spiro atoms. The van der Waals surface area contributed by atoms with E-state index < -0.39 is 0 Å². The van der Waals surface area contributed by atoms with E-state index in [-0.39, 0.29) is 0 Å². The van der Waals surface area contributed by atoms with Crippen molar-refractivity contribution in [3.05, 3.63) is 41.3 Å². The van der Waals surface area contributed by atoms with Gasteiger partial charge in [0, 0.05) is 9.58 Å². The van der Waals surface area contributed by atoms with Gasteiger partial charge in [-0.15, -0.1) is 11.3 Å². The Kier molecular flexibility index (Phi) is 2.62. The summed E-state index contributed by atoms with van der Waals surface area (Å²) in [6, 6.07) is 12.5. The van der Waals surface area contributed by atoms with Gasteiger partial charge < -0.3 is 0 Å². The number of allylic oxidation sites excluding steroid dienone is 1. The van der Waals surface area contributed by atoms with E-state index in [2.05, 4.69) is 24.3 Å². The van der Waals surface area contributed by atoms with Crippen LogP contribution in [-0.4, -0.2) is 0 Å². The number of fused-ring (bicyclic) bond motifs is 1. The molecule has 0 bridgehead atoms. The van der Waals surface area contributed by atoms with Crippen LogP contribution in [0.15, 0.2) is 36.4 Å². The third kappa shape index (κ3) is 1.84. The van der Waals surface area contributed by atoms with Crippen LogP contribution >= 0.6 is 11.3 Å². The first kappa shape index (κ1) is 8.98. The van der Waals surface area contributed by atoms with Crippen LogP contribution in [0.4, 0.5) is 0 Å². The predicted octanol–water partition coefficient (Wildman–Crippen LogP) is 3.83. The third-order valence-corrected chi connectivity index (χ3v) is 3.02. The second-order valence-corrected chi connectivity index (χ2v) is 4.07. The molecule has 0 aliphatic carbocycles. The van der Waals surface area contributed by atoms with Gasteiger partial charge in [-0.2, -0.15) is 5.26 Å². The molecule has 0 unspecified atom stereocenters. The lowest BCUT2D eigenvalue weighted by Crippen LogP contribution is -1.58. The van der Waals surface area contributed by atoms with Gasteiger partial charge in [-0.25, -0.2) is 0 Å². The van der Waals surface area contributed by atoms with E-state index in [0.717, 1.165) is 0 Å². The Balaban J connectivity index is 2.32. The van der Waals surface area contributed by atoms with Crippen molar-refractivity contribution in [1.29, 1.82) is 5.26 Å². The van der Waals surface area contributed by atoms with Gasteiger partial charge in [-0.1, -0.05) is 24.3 Å². The topological polar surface area (TPSA) is 23.8 Å².